The fourth-order valence-electron chi connectivity index (χ4n) is 6.67. The predicted molar refractivity (Wildman–Crippen MR) is 187 cm³/mol. The molecule has 0 spiro atoms. The second-order valence-electron chi connectivity index (χ2n) is 11.6. The third-order valence-corrected chi connectivity index (χ3v) is 8.69. The molecule has 0 aliphatic carbocycles. The molecule has 0 aliphatic heterocycles. The zero-order valence-electron chi connectivity index (χ0n) is 25.1. The molecule has 5 heteroatoms. The molecular weight excluding hydrogens is 564 g/mol. The molecule has 0 atom stereocenters. The van der Waals surface area contributed by atoms with Crippen LogP contribution in [0.5, 0.6) is 11.5 Å². The van der Waals surface area contributed by atoms with E-state index in [0.29, 0.717) is 0 Å². The number of ether oxygens (including phenoxy) is 1. The molecule has 0 radical (unpaired) electrons. The van der Waals surface area contributed by atoms with E-state index in [0.717, 1.165) is 56.2 Å². The summed E-state index contributed by atoms with van der Waals surface area (Å²) in [6, 6.07) is 48.3. The number of pyridine rings is 2. The van der Waals surface area contributed by atoms with Crippen molar-refractivity contribution >= 4 is 43.7 Å². The average Bonchev–Trinajstić information content (AvgIpc) is 3.62. The van der Waals surface area contributed by atoms with E-state index in [2.05, 4.69) is 111 Å². The van der Waals surface area contributed by atoms with Gasteiger partial charge in [0, 0.05) is 51.3 Å². The van der Waals surface area contributed by atoms with Crippen molar-refractivity contribution in [1.29, 1.82) is 0 Å². The number of para-hydroxylation sites is 2. The monoisotopic (exact) mass is 592 g/mol. The van der Waals surface area contributed by atoms with Crippen molar-refractivity contribution in [2.75, 3.05) is 0 Å². The second kappa shape index (κ2) is 10.5. The first-order chi connectivity index (χ1) is 22.7. The highest BCUT2D eigenvalue weighted by atomic mass is 16.5. The second-order valence-corrected chi connectivity index (χ2v) is 11.6. The molecule has 9 rings (SSSR count). The van der Waals surface area contributed by atoms with E-state index in [1.54, 1.807) is 0 Å². The zero-order chi connectivity index (χ0) is 30.6. The van der Waals surface area contributed by atoms with Crippen LogP contribution in [0.3, 0.4) is 0 Å². The zero-order valence-corrected chi connectivity index (χ0v) is 25.1. The largest absolute Gasteiger partial charge is 0.457 e. The summed E-state index contributed by atoms with van der Waals surface area (Å²) in [5.41, 5.74) is 9.52. The molecule has 0 saturated carbocycles. The third kappa shape index (κ3) is 4.17. The molecule has 0 aliphatic rings. The maximum Gasteiger partial charge on any atom is 0.145 e. The molecule has 46 heavy (non-hydrogen) atoms. The Bertz CT molecular complexity index is 2560. The Morgan fingerprint density at radius 3 is 2.20 bits per heavy atom. The van der Waals surface area contributed by atoms with Gasteiger partial charge in [-0.05, 0) is 79.2 Å². The maximum atomic E-state index is 6.45. The Hall–Kier alpha value is -6.20. The van der Waals surface area contributed by atoms with Crippen LogP contribution in [0.25, 0.3) is 66.4 Å². The van der Waals surface area contributed by atoms with Crippen LogP contribution in [0.2, 0.25) is 0 Å². The Labute approximate surface area is 265 Å². The van der Waals surface area contributed by atoms with Gasteiger partial charge in [0.15, 0.2) is 0 Å². The number of fused-ring (bicyclic) bond motifs is 7. The number of aromatic nitrogens is 4. The van der Waals surface area contributed by atoms with Gasteiger partial charge in [0.25, 0.3) is 0 Å². The smallest absolute Gasteiger partial charge is 0.145 e. The van der Waals surface area contributed by atoms with Crippen LogP contribution in [-0.4, -0.2) is 19.1 Å². The van der Waals surface area contributed by atoms with Gasteiger partial charge in [-0.3, -0.25) is 9.55 Å². The summed E-state index contributed by atoms with van der Waals surface area (Å²) in [4.78, 5) is 9.52. The molecule has 0 amide bonds. The minimum Gasteiger partial charge on any atom is -0.457 e. The highest BCUT2D eigenvalue weighted by Gasteiger charge is 2.21. The Morgan fingerprint density at radius 2 is 1.33 bits per heavy atom. The first-order valence-corrected chi connectivity index (χ1v) is 15.4. The summed E-state index contributed by atoms with van der Waals surface area (Å²) in [5, 5.41) is 4.72. The standard InChI is InChI=1S/C41H28N4O/c1-27-19-21-36(43-26-27)28-10-7-14-31(24-28)46-32-15-8-13-30(25-32)45-38-22-20-34-33-16-5-6-18-37(33)44(29-11-3-2-4-12-29)40(34)39(38)35-17-9-23-42-41(35)45/h2-26H,1H3. The van der Waals surface area contributed by atoms with Gasteiger partial charge in [-0.2, -0.15) is 0 Å². The minimum atomic E-state index is 0.747. The average molecular weight is 593 g/mol. The third-order valence-electron chi connectivity index (χ3n) is 8.69. The molecule has 218 valence electrons. The van der Waals surface area contributed by atoms with E-state index in [4.69, 9.17) is 9.72 Å². The Kier molecular flexibility index (Phi) is 5.96. The van der Waals surface area contributed by atoms with Crippen LogP contribution in [0.15, 0.2) is 152 Å². The van der Waals surface area contributed by atoms with Gasteiger partial charge in [0.2, 0.25) is 0 Å². The first-order valence-electron chi connectivity index (χ1n) is 15.4. The molecule has 0 saturated heterocycles. The molecule has 4 heterocycles. The van der Waals surface area contributed by atoms with E-state index >= 15 is 0 Å². The van der Waals surface area contributed by atoms with Crippen molar-refractivity contribution in [1.82, 2.24) is 19.1 Å². The van der Waals surface area contributed by atoms with E-state index in [9.17, 15) is 0 Å². The minimum absolute atomic E-state index is 0.747. The van der Waals surface area contributed by atoms with Gasteiger partial charge >= 0.3 is 0 Å². The van der Waals surface area contributed by atoms with Gasteiger partial charge in [0.05, 0.1) is 27.9 Å². The van der Waals surface area contributed by atoms with Crippen LogP contribution in [0.4, 0.5) is 0 Å². The summed E-state index contributed by atoms with van der Waals surface area (Å²) in [7, 11) is 0. The molecule has 0 unspecified atom stereocenters. The number of hydrogen-bond acceptors (Lipinski definition) is 3. The molecule has 4 aromatic heterocycles. The quantitative estimate of drug-likeness (QED) is 0.200. The fourth-order valence-corrected chi connectivity index (χ4v) is 6.67. The number of rotatable bonds is 5. The van der Waals surface area contributed by atoms with Crippen LogP contribution >= 0.6 is 0 Å². The number of benzene rings is 5. The lowest BCUT2D eigenvalue weighted by Crippen LogP contribution is -1.96. The normalized spacial score (nSPS) is 11.6. The van der Waals surface area contributed by atoms with Crippen LogP contribution in [0, 0.1) is 6.92 Å². The van der Waals surface area contributed by atoms with E-state index in [1.807, 2.05) is 61.8 Å². The summed E-state index contributed by atoms with van der Waals surface area (Å²) in [5.74, 6) is 1.50. The van der Waals surface area contributed by atoms with Crippen molar-refractivity contribution in [3.63, 3.8) is 0 Å². The van der Waals surface area contributed by atoms with E-state index in [-0.39, 0.29) is 0 Å². The van der Waals surface area contributed by atoms with Crippen molar-refractivity contribution in [3.05, 3.63) is 157 Å². The topological polar surface area (TPSA) is 44.9 Å². The van der Waals surface area contributed by atoms with Gasteiger partial charge < -0.3 is 9.30 Å². The molecule has 0 N–H and O–H groups in total. The number of aryl methyl sites for hydroxylation is 1. The fraction of sp³-hybridized carbons (Fsp3) is 0.0244. The molecular formula is C41H28N4O. The van der Waals surface area contributed by atoms with Crippen molar-refractivity contribution in [3.8, 4) is 34.1 Å². The number of hydrogen-bond donors (Lipinski definition) is 0. The van der Waals surface area contributed by atoms with Gasteiger partial charge in [-0.25, -0.2) is 4.98 Å². The summed E-state index contributed by atoms with van der Waals surface area (Å²) < 4.78 is 11.1. The van der Waals surface area contributed by atoms with E-state index < -0.39 is 0 Å². The van der Waals surface area contributed by atoms with Crippen molar-refractivity contribution in [2.24, 2.45) is 0 Å². The van der Waals surface area contributed by atoms with Gasteiger partial charge in [-0.15, -0.1) is 0 Å². The summed E-state index contributed by atoms with van der Waals surface area (Å²) >= 11 is 0. The van der Waals surface area contributed by atoms with Gasteiger partial charge in [-0.1, -0.05) is 66.7 Å². The van der Waals surface area contributed by atoms with Crippen LogP contribution < -0.4 is 4.74 Å². The SMILES string of the molecule is Cc1ccc(-c2cccc(Oc3cccc(-n4c5ccc6c7ccccc7n(-c7ccccc7)c6c5c5cccnc54)c3)c2)nc1. The van der Waals surface area contributed by atoms with Crippen LogP contribution in [0.1, 0.15) is 5.56 Å². The molecule has 0 fully saturated rings. The maximum absolute atomic E-state index is 6.45. The van der Waals surface area contributed by atoms with Crippen LogP contribution in [-0.2, 0) is 0 Å². The molecule has 5 nitrogen and oxygen atoms in total. The Balaban J connectivity index is 1.23. The molecule has 9 aromatic rings. The summed E-state index contributed by atoms with van der Waals surface area (Å²) in [6.45, 7) is 2.04. The van der Waals surface area contributed by atoms with Gasteiger partial charge in [0.1, 0.15) is 17.1 Å². The lowest BCUT2D eigenvalue weighted by Gasteiger charge is -2.12. The predicted octanol–water partition coefficient (Wildman–Crippen LogP) is 10.4. The Morgan fingerprint density at radius 1 is 0.543 bits per heavy atom. The first kappa shape index (κ1) is 26.2. The molecule has 0 bridgehead atoms. The lowest BCUT2D eigenvalue weighted by molar-refractivity contribution is 0.482. The lowest BCUT2D eigenvalue weighted by atomic mass is 10.1. The van der Waals surface area contributed by atoms with Crippen molar-refractivity contribution in [2.45, 2.75) is 6.92 Å². The molecule has 5 aromatic carbocycles. The van der Waals surface area contributed by atoms with Crippen molar-refractivity contribution < 1.29 is 4.74 Å². The highest BCUT2D eigenvalue weighted by Crippen LogP contribution is 2.41. The van der Waals surface area contributed by atoms with E-state index in [1.165, 1.54) is 27.2 Å². The number of nitrogens with zero attached hydrogens (tertiary/aromatic N) is 4. The highest BCUT2D eigenvalue weighted by molar-refractivity contribution is 6.25. The summed E-state index contributed by atoms with van der Waals surface area (Å²) in [6.07, 6.45) is 3.76.